The van der Waals surface area contributed by atoms with Gasteiger partial charge in [-0.3, -0.25) is 37.3 Å². The Morgan fingerprint density at radius 2 is 0.500 bits per heavy atom. The van der Waals surface area contributed by atoms with Crippen LogP contribution in [0, 0.1) is 11.8 Å². The lowest BCUT2D eigenvalue weighted by molar-refractivity contribution is -0.161. The Bertz CT molecular complexity index is 1790. The molecule has 0 aliphatic rings. The van der Waals surface area contributed by atoms with E-state index in [2.05, 4.69) is 41.5 Å². The number of carbonyl (C=O) groups is 4. The molecule has 92 heavy (non-hydrogen) atoms. The predicted octanol–water partition coefficient (Wildman–Crippen LogP) is 21.2. The summed E-state index contributed by atoms with van der Waals surface area (Å²) in [6.45, 7) is 9.54. The first-order valence-electron chi connectivity index (χ1n) is 38.0. The van der Waals surface area contributed by atoms with E-state index < -0.39 is 97.5 Å². The molecule has 0 fully saturated rings. The van der Waals surface area contributed by atoms with Crippen molar-refractivity contribution in [3.63, 3.8) is 0 Å². The van der Waals surface area contributed by atoms with Gasteiger partial charge >= 0.3 is 39.5 Å². The van der Waals surface area contributed by atoms with Crippen molar-refractivity contribution in [3.05, 3.63) is 0 Å². The van der Waals surface area contributed by atoms with Crippen molar-refractivity contribution in [3.8, 4) is 0 Å². The summed E-state index contributed by atoms with van der Waals surface area (Å²) in [7, 11) is -9.90. The Morgan fingerprint density at radius 1 is 0.293 bits per heavy atom. The van der Waals surface area contributed by atoms with E-state index in [1.165, 1.54) is 186 Å². The first-order valence-corrected chi connectivity index (χ1v) is 41.0. The molecular weight excluding hydrogens is 1210 g/mol. The van der Waals surface area contributed by atoms with Crippen LogP contribution >= 0.6 is 15.6 Å². The van der Waals surface area contributed by atoms with Crippen LogP contribution in [0.1, 0.15) is 375 Å². The summed E-state index contributed by atoms with van der Waals surface area (Å²) >= 11 is 0. The molecule has 0 heterocycles. The topological polar surface area (TPSA) is 237 Å². The molecule has 546 valence electrons. The molecule has 0 radical (unpaired) electrons. The van der Waals surface area contributed by atoms with Crippen molar-refractivity contribution < 1.29 is 80.2 Å². The largest absolute Gasteiger partial charge is 0.472 e. The van der Waals surface area contributed by atoms with Crippen LogP contribution < -0.4 is 0 Å². The standard InChI is InChI=1S/C73H142O17P2/c1-7-9-11-13-15-17-19-27-31-37-43-49-55-70(75)83-61-68(89-73(78)58-52-46-39-33-29-25-23-21-22-24-26-30-35-41-47-53-65(3)4)63-87-91(79,80)85-59-67(74)60-86-92(81,82)88-64-69(62-84-71(76)56-50-44-40-34-36-42-48-54-66(5)6)90-72(77)57-51-45-38-32-28-20-18-16-14-12-10-8-2/h65-69,74H,7-64H2,1-6H3,(H,79,80)(H,81,82)/t67-,68-,69-/m1/s1. The molecule has 3 N–H and O–H groups in total. The van der Waals surface area contributed by atoms with Gasteiger partial charge in [-0.05, 0) is 37.5 Å². The van der Waals surface area contributed by atoms with Crippen molar-refractivity contribution in [2.24, 2.45) is 11.8 Å². The molecule has 2 unspecified atom stereocenters. The summed E-state index contributed by atoms with van der Waals surface area (Å²) in [6, 6.07) is 0. The second kappa shape index (κ2) is 65.0. The van der Waals surface area contributed by atoms with Crippen molar-refractivity contribution in [1.82, 2.24) is 0 Å². The lowest BCUT2D eigenvalue weighted by Crippen LogP contribution is -2.30. The minimum absolute atomic E-state index is 0.107. The third-order valence-electron chi connectivity index (χ3n) is 17.0. The van der Waals surface area contributed by atoms with Crippen LogP contribution in [-0.4, -0.2) is 96.7 Å². The molecule has 0 amide bonds. The maximum absolute atomic E-state index is 13.1. The smallest absolute Gasteiger partial charge is 0.462 e. The fraction of sp³-hybridized carbons (Fsp3) is 0.945. The van der Waals surface area contributed by atoms with Gasteiger partial charge in [0.2, 0.25) is 0 Å². The number of aliphatic hydroxyl groups excluding tert-OH is 1. The summed E-state index contributed by atoms with van der Waals surface area (Å²) in [5, 5.41) is 10.6. The molecule has 0 spiro atoms. The number of aliphatic hydroxyl groups is 1. The summed E-state index contributed by atoms with van der Waals surface area (Å²) < 4.78 is 68.4. The summed E-state index contributed by atoms with van der Waals surface area (Å²) in [5.41, 5.74) is 0. The first kappa shape index (κ1) is 90.1. The van der Waals surface area contributed by atoms with Gasteiger partial charge in [-0.15, -0.1) is 0 Å². The molecule has 0 aromatic heterocycles. The third-order valence-corrected chi connectivity index (χ3v) is 18.9. The van der Waals surface area contributed by atoms with Gasteiger partial charge < -0.3 is 33.8 Å². The molecule has 0 aromatic carbocycles. The summed E-state index contributed by atoms with van der Waals surface area (Å²) in [6.07, 6.45) is 51.3. The monoisotopic (exact) mass is 1350 g/mol. The zero-order valence-corrected chi connectivity index (χ0v) is 61.6. The van der Waals surface area contributed by atoms with E-state index >= 15 is 0 Å². The van der Waals surface area contributed by atoms with Gasteiger partial charge in [0.1, 0.15) is 19.3 Å². The minimum atomic E-state index is -4.95. The second-order valence-electron chi connectivity index (χ2n) is 27.3. The lowest BCUT2D eigenvalue weighted by atomic mass is 10.0. The summed E-state index contributed by atoms with van der Waals surface area (Å²) in [4.78, 5) is 72.6. The van der Waals surface area contributed by atoms with Crippen LogP contribution in [0.25, 0.3) is 0 Å². The van der Waals surface area contributed by atoms with E-state index in [1.54, 1.807) is 0 Å². The Labute approximate surface area is 562 Å². The number of phosphoric acid groups is 2. The SMILES string of the molecule is CCCCCCCCCCCCCCC(=O)OC[C@H](COP(=O)(O)OC[C@@H](O)COP(=O)(O)OC[C@@H](COC(=O)CCCCCCCCCC(C)C)OC(=O)CCCCCCCCCCCCCC)OC(=O)CCCCCCCCCCCCCCCCCC(C)C. The Balaban J connectivity index is 5.23. The number of unbranched alkanes of at least 4 members (excludes halogenated alkanes) is 42. The van der Waals surface area contributed by atoms with Crippen molar-refractivity contribution in [2.75, 3.05) is 39.6 Å². The highest BCUT2D eigenvalue weighted by molar-refractivity contribution is 7.47. The average molecular weight is 1350 g/mol. The first-order chi connectivity index (χ1) is 44.4. The van der Waals surface area contributed by atoms with Crippen LogP contribution in [0.3, 0.4) is 0 Å². The molecule has 0 rings (SSSR count). The highest BCUT2D eigenvalue weighted by atomic mass is 31.2. The number of hydrogen-bond acceptors (Lipinski definition) is 15. The van der Waals surface area contributed by atoms with Gasteiger partial charge in [0, 0.05) is 25.7 Å². The molecule has 0 aliphatic heterocycles. The van der Waals surface area contributed by atoms with Crippen LogP contribution in [0.15, 0.2) is 0 Å². The van der Waals surface area contributed by atoms with E-state index in [1.807, 2.05) is 0 Å². The highest BCUT2D eigenvalue weighted by Crippen LogP contribution is 2.45. The van der Waals surface area contributed by atoms with Gasteiger partial charge in [-0.2, -0.15) is 0 Å². The molecule has 0 saturated heterocycles. The van der Waals surface area contributed by atoms with Crippen LogP contribution in [0.4, 0.5) is 0 Å². The number of esters is 4. The molecule has 0 saturated carbocycles. The molecule has 0 bridgehead atoms. The van der Waals surface area contributed by atoms with E-state index in [-0.39, 0.29) is 25.7 Å². The maximum atomic E-state index is 13.1. The van der Waals surface area contributed by atoms with Gasteiger partial charge in [0.15, 0.2) is 12.2 Å². The van der Waals surface area contributed by atoms with Crippen molar-refractivity contribution in [2.45, 2.75) is 394 Å². The fourth-order valence-electron chi connectivity index (χ4n) is 11.1. The molecule has 0 aliphatic carbocycles. The summed E-state index contributed by atoms with van der Waals surface area (Å²) in [5.74, 6) is -0.611. The highest BCUT2D eigenvalue weighted by Gasteiger charge is 2.30. The van der Waals surface area contributed by atoms with E-state index in [9.17, 15) is 43.2 Å². The molecule has 5 atom stereocenters. The van der Waals surface area contributed by atoms with Crippen LogP contribution in [0.2, 0.25) is 0 Å². The molecule has 19 heteroatoms. The van der Waals surface area contributed by atoms with E-state index in [4.69, 9.17) is 37.0 Å². The van der Waals surface area contributed by atoms with Gasteiger partial charge in [-0.25, -0.2) is 9.13 Å². The van der Waals surface area contributed by atoms with E-state index in [0.717, 1.165) is 102 Å². The Morgan fingerprint density at radius 3 is 0.739 bits per heavy atom. The Hall–Kier alpha value is -1.94. The third kappa shape index (κ3) is 66.7. The van der Waals surface area contributed by atoms with Gasteiger partial charge in [0.05, 0.1) is 26.4 Å². The van der Waals surface area contributed by atoms with Gasteiger partial charge in [0.25, 0.3) is 0 Å². The van der Waals surface area contributed by atoms with E-state index in [0.29, 0.717) is 31.6 Å². The number of phosphoric ester groups is 2. The van der Waals surface area contributed by atoms with Gasteiger partial charge in [-0.1, -0.05) is 324 Å². The number of carbonyl (C=O) groups excluding carboxylic acids is 4. The number of ether oxygens (including phenoxy) is 4. The molecule has 0 aromatic rings. The minimum Gasteiger partial charge on any atom is -0.462 e. The van der Waals surface area contributed by atoms with Crippen LogP contribution in [0.5, 0.6) is 0 Å². The van der Waals surface area contributed by atoms with Crippen LogP contribution in [-0.2, 0) is 65.4 Å². The lowest BCUT2D eigenvalue weighted by Gasteiger charge is -2.21. The molecular formula is C73H142O17P2. The normalized spacial score (nSPS) is 14.1. The zero-order valence-electron chi connectivity index (χ0n) is 59.9. The predicted molar refractivity (Wildman–Crippen MR) is 372 cm³/mol. The maximum Gasteiger partial charge on any atom is 0.472 e. The number of rotatable bonds is 72. The zero-order chi connectivity index (χ0) is 67.9. The van der Waals surface area contributed by atoms with Crippen molar-refractivity contribution in [1.29, 1.82) is 0 Å². The van der Waals surface area contributed by atoms with Crippen molar-refractivity contribution >= 4 is 39.5 Å². The fourth-order valence-corrected chi connectivity index (χ4v) is 12.7. The second-order valence-corrected chi connectivity index (χ2v) is 30.2. The number of hydrogen-bond donors (Lipinski definition) is 3. The Kier molecular flexibility index (Phi) is 63.7. The quantitative estimate of drug-likeness (QED) is 0.0222. The molecule has 17 nitrogen and oxygen atoms in total. The average Bonchev–Trinajstić information content (AvgIpc) is 2.17.